The number of carbonyl (C=O) groups excluding carboxylic acids is 1. The van der Waals surface area contributed by atoms with E-state index in [4.69, 9.17) is 0 Å². The SMILES string of the molecule is CCn1c(CS(=O)(=O)c2ccc(C)cc2)nnc1SC(C)C(=O)Nc1nc2ccccc2s1. The summed E-state index contributed by atoms with van der Waals surface area (Å²) in [4.78, 5) is 17.4. The van der Waals surface area contributed by atoms with Gasteiger partial charge in [-0.05, 0) is 45.0 Å². The van der Waals surface area contributed by atoms with E-state index in [9.17, 15) is 13.2 Å². The summed E-state index contributed by atoms with van der Waals surface area (Å²) in [7, 11) is -3.57. The molecule has 0 aliphatic heterocycles. The molecular weight excluding hydrogens is 478 g/mol. The molecule has 0 bridgehead atoms. The standard InChI is InChI=1S/C22H23N5O3S3/c1-4-27-19(13-33(29,30)16-11-9-14(2)10-12-16)25-26-22(27)31-15(3)20(28)24-21-23-17-7-5-6-8-18(17)32-21/h5-12,15H,4,13H2,1-3H3,(H,23,24,28). The van der Waals surface area contributed by atoms with E-state index in [1.807, 2.05) is 38.1 Å². The molecule has 1 amide bonds. The fourth-order valence-electron chi connectivity index (χ4n) is 3.17. The van der Waals surface area contributed by atoms with Gasteiger partial charge in [-0.1, -0.05) is 52.9 Å². The van der Waals surface area contributed by atoms with Crippen LogP contribution >= 0.6 is 23.1 Å². The van der Waals surface area contributed by atoms with Crippen molar-refractivity contribution < 1.29 is 13.2 Å². The maximum atomic E-state index is 12.8. The van der Waals surface area contributed by atoms with E-state index in [2.05, 4.69) is 20.5 Å². The first-order valence-electron chi connectivity index (χ1n) is 10.3. The molecular formula is C22H23N5O3S3. The Hall–Kier alpha value is -2.76. The van der Waals surface area contributed by atoms with Crippen LogP contribution in [0, 0.1) is 6.92 Å². The van der Waals surface area contributed by atoms with Gasteiger partial charge < -0.3 is 9.88 Å². The van der Waals surface area contributed by atoms with Crippen LogP contribution in [-0.4, -0.2) is 39.3 Å². The average Bonchev–Trinajstić information content (AvgIpc) is 3.36. The number of thioether (sulfide) groups is 1. The second-order valence-electron chi connectivity index (χ2n) is 7.45. The Morgan fingerprint density at radius 3 is 2.58 bits per heavy atom. The smallest absolute Gasteiger partial charge is 0.239 e. The Kier molecular flexibility index (Phi) is 6.82. The van der Waals surface area contributed by atoms with E-state index in [-0.39, 0.29) is 16.6 Å². The second kappa shape index (κ2) is 9.62. The van der Waals surface area contributed by atoms with E-state index in [1.165, 1.54) is 23.1 Å². The predicted molar refractivity (Wildman–Crippen MR) is 131 cm³/mol. The zero-order chi connectivity index (χ0) is 23.6. The van der Waals surface area contributed by atoms with E-state index >= 15 is 0 Å². The molecule has 0 saturated carbocycles. The highest BCUT2D eigenvalue weighted by molar-refractivity contribution is 8.00. The average molecular weight is 502 g/mol. The normalized spacial score (nSPS) is 12.7. The van der Waals surface area contributed by atoms with Crippen LogP contribution in [0.1, 0.15) is 25.2 Å². The number of sulfone groups is 1. The van der Waals surface area contributed by atoms with Gasteiger partial charge in [0.15, 0.2) is 20.1 Å². The fourth-order valence-corrected chi connectivity index (χ4v) is 6.25. The Bertz CT molecular complexity index is 1360. The molecule has 1 unspecified atom stereocenters. The fraction of sp³-hybridized carbons (Fsp3) is 0.273. The summed E-state index contributed by atoms with van der Waals surface area (Å²) in [5.74, 6) is -0.123. The van der Waals surface area contributed by atoms with E-state index in [0.29, 0.717) is 22.7 Å². The van der Waals surface area contributed by atoms with E-state index in [1.54, 1.807) is 35.8 Å². The molecule has 11 heteroatoms. The van der Waals surface area contributed by atoms with Crippen molar-refractivity contribution in [3.63, 3.8) is 0 Å². The number of nitrogens with zero attached hydrogens (tertiary/aromatic N) is 4. The third kappa shape index (κ3) is 5.26. The molecule has 0 saturated heterocycles. The number of para-hydroxylation sites is 1. The maximum Gasteiger partial charge on any atom is 0.239 e. The third-order valence-electron chi connectivity index (χ3n) is 4.98. The van der Waals surface area contributed by atoms with Gasteiger partial charge in [-0.2, -0.15) is 0 Å². The monoisotopic (exact) mass is 501 g/mol. The first-order chi connectivity index (χ1) is 15.8. The van der Waals surface area contributed by atoms with Crippen LogP contribution in [0.15, 0.2) is 58.6 Å². The number of aromatic nitrogens is 4. The summed E-state index contributed by atoms with van der Waals surface area (Å²) in [6.45, 7) is 6.05. The third-order valence-corrected chi connectivity index (χ3v) is 8.65. The molecule has 4 rings (SSSR count). The quantitative estimate of drug-likeness (QED) is 0.359. The zero-order valence-corrected chi connectivity index (χ0v) is 20.8. The molecule has 0 spiro atoms. The molecule has 4 aromatic rings. The van der Waals surface area contributed by atoms with Crippen LogP contribution in [0.2, 0.25) is 0 Å². The van der Waals surface area contributed by atoms with Crippen LogP contribution in [0.3, 0.4) is 0 Å². The maximum absolute atomic E-state index is 12.8. The number of benzene rings is 2. The highest BCUT2D eigenvalue weighted by Crippen LogP contribution is 2.28. The molecule has 2 aromatic carbocycles. The van der Waals surface area contributed by atoms with E-state index < -0.39 is 15.1 Å². The van der Waals surface area contributed by atoms with Crippen molar-refractivity contribution >= 4 is 54.2 Å². The molecule has 172 valence electrons. The van der Waals surface area contributed by atoms with Gasteiger partial charge in [0, 0.05) is 6.54 Å². The molecule has 2 heterocycles. The first-order valence-corrected chi connectivity index (χ1v) is 13.7. The van der Waals surface area contributed by atoms with Crippen LogP contribution in [0.25, 0.3) is 10.2 Å². The number of anilines is 1. The number of rotatable bonds is 8. The lowest BCUT2D eigenvalue weighted by molar-refractivity contribution is -0.115. The molecule has 1 atom stereocenters. The summed E-state index contributed by atoms with van der Waals surface area (Å²) in [6.07, 6.45) is 0. The lowest BCUT2D eigenvalue weighted by Crippen LogP contribution is -2.23. The Morgan fingerprint density at radius 1 is 1.15 bits per heavy atom. The first kappa shape index (κ1) is 23.4. The number of carbonyl (C=O) groups is 1. The van der Waals surface area contributed by atoms with Gasteiger partial charge in [-0.3, -0.25) is 4.79 Å². The number of thiazole rings is 1. The summed E-state index contributed by atoms with van der Waals surface area (Å²) in [6, 6.07) is 14.4. The highest BCUT2D eigenvalue weighted by atomic mass is 32.2. The van der Waals surface area contributed by atoms with Crippen LogP contribution in [-0.2, 0) is 26.9 Å². The van der Waals surface area contributed by atoms with Gasteiger partial charge >= 0.3 is 0 Å². The van der Waals surface area contributed by atoms with Crippen molar-refractivity contribution in [3.8, 4) is 0 Å². The summed E-state index contributed by atoms with van der Waals surface area (Å²) >= 11 is 2.65. The summed E-state index contributed by atoms with van der Waals surface area (Å²) in [5.41, 5.74) is 1.82. The number of aryl methyl sites for hydroxylation is 1. The van der Waals surface area contributed by atoms with Crippen molar-refractivity contribution in [3.05, 3.63) is 59.9 Å². The van der Waals surface area contributed by atoms with Gasteiger partial charge in [0.2, 0.25) is 5.91 Å². The highest BCUT2D eigenvalue weighted by Gasteiger charge is 2.24. The lowest BCUT2D eigenvalue weighted by atomic mass is 10.2. The molecule has 0 aliphatic rings. The Labute approximate surface area is 200 Å². The van der Waals surface area contributed by atoms with Crippen molar-refractivity contribution in [1.82, 2.24) is 19.7 Å². The topological polar surface area (TPSA) is 107 Å². The molecule has 2 aromatic heterocycles. The summed E-state index contributed by atoms with van der Waals surface area (Å²) < 4.78 is 28.4. The minimum atomic E-state index is -3.57. The largest absolute Gasteiger partial charge is 0.305 e. The second-order valence-corrected chi connectivity index (χ2v) is 11.8. The van der Waals surface area contributed by atoms with E-state index in [0.717, 1.165) is 15.8 Å². The molecule has 1 N–H and O–H groups in total. The number of nitrogens with one attached hydrogen (secondary N) is 1. The van der Waals surface area contributed by atoms with Crippen LogP contribution in [0.5, 0.6) is 0 Å². The van der Waals surface area contributed by atoms with Crippen molar-refractivity contribution in [2.45, 2.75) is 48.4 Å². The van der Waals surface area contributed by atoms with Crippen LogP contribution in [0.4, 0.5) is 5.13 Å². The van der Waals surface area contributed by atoms with Gasteiger partial charge in [0.05, 0.1) is 20.4 Å². The number of hydrogen-bond acceptors (Lipinski definition) is 8. The number of amides is 1. The number of fused-ring (bicyclic) bond motifs is 1. The van der Waals surface area contributed by atoms with Crippen LogP contribution < -0.4 is 5.32 Å². The minimum absolute atomic E-state index is 0.210. The van der Waals surface area contributed by atoms with Crippen molar-refractivity contribution in [1.29, 1.82) is 0 Å². The zero-order valence-electron chi connectivity index (χ0n) is 18.3. The van der Waals surface area contributed by atoms with Crippen molar-refractivity contribution in [2.75, 3.05) is 5.32 Å². The van der Waals surface area contributed by atoms with Gasteiger partial charge in [0.25, 0.3) is 0 Å². The minimum Gasteiger partial charge on any atom is -0.305 e. The van der Waals surface area contributed by atoms with Crippen molar-refractivity contribution in [2.24, 2.45) is 0 Å². The van der Waals surface area contributed by atoms with Gasteiger partial charge in [0.1, 0.15) is 11.6 Å². The molecule has 0 aliphatic carbocycles. The Balaban J connectivity index is 1.46. The van der Waals surface area contributed by atoms with Gasteiger partial charge in [-0.15, -0.1) is 10.2 Å². The predicted octanol–water partition coefficient (Wildman–Crippen LogP) is 4.31. The lowest BCUT2D eigenvalue weighted by Gasteiger charge is -2.12. The molecule has 33 heavy (non-hydrogen) atoms. The molecule has 0 radical (unpaired) electrons. The number of hydrogen-bond donors (Lipinski definition) is 1. The summed E-state index contributed by atoms with van der Waals surface area (Å²) in [5, 5.41) is 11.7. The van der Waals surface area contributed by atoms with Gasteiger partial charge in [-0.25, -0.2) is 13.4 Å². The Morgan fingerprint density at radius 2 is 1.88 bits per heavy atom. The molecule has 0 fully saturated rings. The molecule has 8 nitrogen and oxygen atoms in total.